The number of carbonyl (C=O) groups is 2. The molecule has 1 unspecified atom stereocenters. The molecule has 118 valence electrons. The van der Waals surface area contributed by atoms with Gasteiger partial charge in [0.1, 0.15) is 0 Å². The van der Waals surface area contributed by atoms with Crippen molar-refractivity contribution in [1.29, 1.82) is 0 Å². The van der Waals surface area contributed by atoms with Crippen LogP contribution in [0.1, 0.15) is 25.3 Å². The molecule has 0 aliphatic heterocycles. The third kappa shape index (κ3) is 3.12. The summed E-state index contributed by atoms with van der Waals surface area (Å²) in [5.41, 5.74) is 5.32. The minimum atomic E-state index is -2.08. The Bertz CT molecular complexity index is 680. The molecular formula is C16H20N2O4. The molecule has 0 spiro atoms. The number of nitrogens with one attached hydrogen (secondary N) is 1. The third-order valence-corrected chi connectivity index (χ3v) is 3.62. The molecule has 0 saturated heterocycles. The lowest BCUT2D eigenvalue weighted by atomic mass is 9.91. The van der Waals surface area contributed by atoms with Crippen LogP contribution < -0.4 is 5.73 Å². The summed E-state index contributed by atoms with van der Waals surface area (Å²) in [6.45, 7) is 2.13. The van der Waals surface area contributed by atoms with E-state index in [2.05, 4.69) is 4.98 Å². The zero-order valence-corrected chi connectivity index (χ0v) is 12.5. The summed E-state index contributed by atoms with van der Waals surface area (Å²) in [7, 11) is 0. The molecule has 0 fully saturated rings. The minimum absolute atomic E-state index is 0.128. The lowest BCUT2D eigenvalue weighted by Crippen LogP contribution is -2.57. The number of aliphatic carboxylic acids is 1. The number of unbranched alkanes of at least 4 members (excludes halogenated alkanes) is 1. The Balaban J connectivity index is 2.24. The van der Waals surface area contributed by atoms with Crippen molar-refractivity contribution in [2.24, 2.45) is 5.73 Å². The quantitative estimate of drug-likeness (QED) is 0.411. The van der Waals surface area contributed by atoms with Gasteiger partial charge in [-0.05, 0) is 18.1 Å². The lowest BCUT2D eigenvalue weighted by molar-refractivity contribution is -0.161. The zero-order chi connectivity index (χ0) is 16.2. The van der Waals surface area contributed by atoms with Crippen LogP contribution in [0.2, 0.25) is 0 Å². The number of esters is 1. The highest BCUT2D eigenvalue weighted by atomic mass is 16.5. The first-order valence-corrected chi connectivity index (χ1v) is 7.23. The molecule has 6 heteroatoms. The molecule has 0 bridgehead atoms. The second-order valence-corrected chi connectivity index (χ2v) is 5.30. The molecule has 1 aromatic heterocycles. The minimum Gasteiger partial charge on any atom is -0.479 e. The second-order valence-electron chi connectivity index (χ2n) is 5.30. The number of rotatable bonds is 7. The number of carboxylic acids is 1. The van der Waals surface area contributed by atoms with Crippen LogP contribution in [0.3, 0.4) is 0 Å². The number of aromatic nitrogens is 1. The summed E-state index contributed by atoms with van der Waals surface area (Å²) < 4.78 is 5.01. The van der Waals surface area contributed by atoms with Crippen LogP contribution in [0.4, 0.5) is 0 Å². The first-order valence-electron chi connectivity index (χ1n) is 7.23. The van der Waals surface area contributed by atoms with E-state index in [1.807, 2.05) is 31.2 Å². The van der Waals surface area contributed by atoms with Gasteiger partial charge >= 0.3 is 11.9 Å². The fraction of sp³-hybridized carbons (Fsp3) is 0.375. The average molecular weight is 304 g/mol. The van der Waals surface area contributed by atoms with E-state index in [9.17, 15) is 14.7 Å². The van der Waals surface area contributed by atoms with Crippen molar-refractivity contribution in [3.8, 4) is 0 Å². The van der Waals surface area contributed by atoms with Crippen LogP contribution in [-0.2, 0) is 20.7 Å². The molecule has 1 atom stereocenters. The van der Waals surface area contributed by atoms with E-state index < -0.39 is 17.5 Å². The van der Waals surface area contributed by atoms with E-state index in [4.69, 9.17) is 10.5 Å². The van der Waals surface area contributed by atoms with Crippen molar-refractivity contribution in [2.45, 2.75) is 31.7 Å². The Kier molecular flexibility index (Phi) is 4.82. The summed E-state index contributed by atoms with van der Waals surface area (Å²) in [5, 5.41) is 10.2. The molecule has 2 aromatic rings. The van der Waals surface area contributed by atoms with E-state index in [-0.39, 0.29) is 13.0 Å². The van der Waals surface area contributed by atoms with Crippen LogP contribution in [0.5, 0.6) is 0 Å². The molecule has 1 aromatic carbocycles. The second kappa shape index (κ2) is 6.62. The number of H-pyrrole nitrogens is 1. The van der Waals surface area contributed by atoms with Crippen LogP contribution in [-0.4, -0.2) is 34.2 Å². The Labute approximate surface area is 128 Å². The molecule has 4 N–H and O–H groups in total. The average Bonchev–Trinajstić information content (AvgIpc) is 2.90. The van der Waals surface area contributed by atoms with Crippen molar-refractivity contribution < 1.29 is 19.4 Å². The van der Waals surface area contributed by atoms with Gasteiger partial charge in [-0.2, -0.15) is 0 Å². The van der Waals surface area contributed by atoms with E-state index >= 15 is 0 Å². The number of carboxylic acid groups (broad SMARTS) is 1. The summed E-state index contributed by atoms with van der Waals surface area (Å²) in [5.74, 6) is -2.29. The normalized spacial score (nSPS) is 13.7. The predicted molar refractivity (Wildman–Crippen MR) is 82.4 cm³/mol. The van der Waals surface area contributed by atoms with E-state index in [0.717, 1.165) is 17.3 Å². The SMILES string of the molecule is CCCCOC(=O)C(N)(Cc1c[nH]c2ccccc12)C(=O)O. The summed E-state index contributed by atoms with van der Waals surface area (Å²) in [6.07, 6.45) is 3.07. The van der Waals surface area contributed by atoms with Gasteiger partial charge in [0, 0.05) is 23.5 Å². The summed E-state index contributed by atoms with van der Waals surface area (Å²) >= 11 is 0. The molecule has 1 heterocycles. The third-order valence-electron chi connectivity index (χ3n) is 3.62. The topological polar surface area (TPSA) is 105 Å². The van der Waals surface area contributed by atoms with E-state index in [1.54, 1.807) is 6.20 Å². The molecule has 22 heavy (non-hydrogen) atoms. The molecule has 6 nitrogen and oxygen atoms in total. The maximum absolute atomic E-state index is 12.1. The Morgan fingerprint density at radius 1 is 1.36 bits per heavy atom. The fourth-order valence-corrected chi connectivity index (χ4v) is 2.25. The summed E-state index contributed by atoms with van der Waals surface area (Å²) in [6, 6.07) is 7.44. The van der Waals surface area contributed by atoms with Gasteiger partial charge in [-0.15, -0.1) is 0 Å². The zero-order valence-electron chi connectivity index (χ0n) is 12.5. The number of benzene rings is 1. The van der Waals surface area contributed by atoms with Crippen molar-refractivity contribution in [3.63, 3.8) is 0 Å². The highest BCUT2D eigenvalue weighted by molar-refractivity contribution is 6.04. The van der Waals surface area contributed by atoms with E-state index in [0.29, 0.717) is 12.0 Å². The first-order chi connectivity index (χ1) is 10.5. The number of fused-ring (bicyclic) bond motifs is 1. The molecular weight excluding hydrogens is 284 g/mol. The highest BCUT2D eigenvalue weighted by Gasteiger charge is 2.44. The van der Waals surface area contributed by atoms with Crippen molar-refractivity contribution in [1.82, 2.24) is 4.98 Å². The van der Waals surface area contributed by atoms with Crippen LogP contribution in [0.25, 0.3) is 10.9 Å². The van der Waals surface area contributed by atoms with Gasteiger partial charge < -0.3 is 20.6 Å². The fourth-order valence-electron chi connectivity index (χ4n) is 2.25. The molecule has 0 saturated carbocycles. The smallest absolute Gasteiger partial charge is 0.338 e. The predicted octanol–water partition coefficient (Wildman–Crippen LogP) is 1.84. The lowest BCUT2D eigenvalue weighted by Gasteiger charge is -2.22. The van der Waals surface area contributed by atoms with Gasteiger partial charge in [0.25, 0.3) is 0 Å². The standard InChI is InChI=1S/C16H20N2O4/c1-2-3-8-22-15(21)16(17,14(19)20)9-11-10-18-13-7-5-4-6-12(11)13/h4-7,10,18H,2-3,8-9,17H2,1H3,(H,19,20). The maximum Gasteiger partial charge on any atom is 0.338 e. The van der Waals surface area contributed by atoms with Gasteiger partial charge in [-0.3, -0.25) is 0 Å². The molecule has 0 radical (unpaired) electrons. The van der Waals surface area contributed by atoms with Gasteiger partial charge in [-0.1, -0.05) is 31.5 Å². The maximum atomic E-state index is 12.1. The monoisotopic (exact) mass is 304 g/mol. The molecule has 0 amide bonds. The first kappa shape index (κ1) is 16.0. The van der Waals surface area contributed by atoms with Gasteiger partial charge in [0.15, 0.2) is 0 Å². The van der Waals surface area contributed by atoms with Crippen molar-refractivity contribution in [3.05, 3.63) is 36.0 Å². The Morgan fingerprint density at radius 3 is 2.77 bits per heavy atom. The molecule has 0 aliphatic rings. The number of aromatic amines is 1. The number of nitrogens with two attached hydrogens (primary N) is 1. The number of ether oxygens (including phenoxy) is 1. The Hall–Kier alpha value is -2.34. The molecule has 2 rings (SSSR count). The number of para-hydroxylation sites is 1. The Morgan fingerprint density at radius 2 is 2.09 bits per heavy atom. The van der Waals surface area contributed by atoms with Gasteiger partial charge in [0.2, 0.25) is 5.54 Å². The van der Waals surface area contributed by atoms with Gasteiger partial charge in [0.05, 0.1) is 6.61 Å². The number of hydrogen-bond donors (Lipinski definition) is 3. The van der Waals surface area contributed by atoms with E-state index in [1.165, 1.54) is 0 Å². The number of hydrogen-bond acceptors (Lipinski definition) is 4. The number of carbonyl (C=O) groups excluding carboxylic acids is 1. The van der Waals surface area contributed by atoms with Gasteiger partial charge in [-0.25, -0.2) is 9.59 Å². The van der Waals surface area contributed by atoms with Crippen LogP contribution in [0.15, 0.2) is 30.5 Å². The summed E-state index contributed by atoms with van der Waals surface area (Å²) in [4.78, 5) is 26.7. The van der Waals surface area contributed by atoms with Crippen LogP contribution in [0, 0.1) is 0 Å². The largest absolute Gasteiger partial charge is 0.479 e. The van der Waals surface area contributed by atoms with Crippen LogP contribution >= 0.6 is 0 Å². The molecule has 0 aliphatic carbocycles. The van der Waals surface area contributed by atoms with Crippen molar-refractivity contribution in [2.75, 3.05) is 6.61 Å². The highest BCUT2D eigenvalue weighted by Crippen LogP contribution is 2.22. The van der Waals surface area contributed by atoms with Crippen molar-refractivity contribution >= 4 is 22.8 Å².